The molecule has 1 saturated heterocycles. The van der Waals surface area contributed by atoms with E-state index >= 15 is 0 Å². The van der Waals surface area contributed by atoms with Gasteiger partial charge in [0.1, 0.15) is 0 Å². The van der Waals surface area contributed by atoms with Crippen molar-refractivity contribution in [3.8, 4) is 5.69 Å². The molecule has 8 nitrogen and oxygen atoms in total. The maximum Gasteiger partial charge on any atom is 0.305 e. The number of nitrogens with one attached hydrogen (secondary N) is 1. The molecule has 1 amide bonds. The van der Waals surface area contributed by atoms with Gasteiger partial charge in [-0.05, 0) is 18.6 Å². The lowest BCUT2D eigenvalue weighted by molar-refractivity contribution is -0.138. The zero-order valence-electron chi connectivity index (χ0n) is 12.6. The number of rotatable bonds is 5. The Morgan fingerprint density at radius 3 is 2.88 bits per heavy atom. The van der Waals surface area contributed by atoms with E-state index in [1.165, 1.54) is 10.9 Å². The van der Waals surface area contributed by atoms with E-state index in [-0.39, 0.29) is 18.7 Å². The number of aliphatic carboxylic acids is 1. The van der Waals surface area contributed by atoms with Gasteiger partial charge >= 0.3 is 5.97 Å². The molecule has 24 heavy (non-hydrogen) atoms. The highest BCUT2D eigenvalue weighted by Gasteiger charge is 2.39. The minimum absolute atomic E-state index is 0.0755. The van der Waals surface area contributed by atoms with Crippen LogP contribution in [0.2, 0.25) is 5.02 Å². The molecule has 1 aromatic carbocycles. The fourth-order valence-corrected chi connectivity index (χ4v) is 2.83. The molecule has 1 aromatic heterocycles. The second-order valence-electron chi connectivity index (χ2n) is 5.61. The number of carbonyl (C=O) groups is 2. The molecule has 9 heteroatoms. The third-order valence-corrected chi connectivity index (χ3v) is 4.12. The van der Waals surface area contributed by atoms with Crippen LogP contribution in [0.3, 0.4) is 0 Å². The minimum Gasteiger partial charge on any atom is -0.481 e. The average Bonchev–Trinajstić information content (AvgIpc) is 3.17. The number of nitrogens with zero attached hydrogens (tertiary/aromatic N) is 3. The lowest BCUT2D eigenvalue weighted by Crippen LogP contribution is -2.50. The Kier molecular flexibility index (Phi) is 4.50. The number of ether oxygens (including phenoxy) is 1. The van der Waals surface area contributed by atoms with Gasteiger partial charge < -0.3 is 15.2 Å². The maximum atomic E-state index is 12.4. The van der Waals surface area contributed by atoms with Crippen molar-refractivity contribution in [3.05, 3.63) is 41.2 Å². The van der Waals surface area contributed by atoms with E-state index in [0.29, 0.717) is 23.7 Å². The number of benzene rings is 1. The van der Waals surface area contributed by atoms with Gasteiger partial charge in [-0.15, -0.1) is 5.10 Å². The first-order valence-electron chi connectivity index (χ1n) is 7.28. The molecule has 1 atom stereocenters. The summed E-state index contributed by atoms with van der Waals surface area (Å²) in [6, 6.07) is 7.03. The third kappa shape index (κ3) is 3.39. The highest BCUT2D eigenvalue weighted by molar-refractivity contribution is 6.32. The molecule has 1 unspecified atom stereocenters. The Bertz CT molecular complexity index is 770. The molecule has 2 N–H and O–H groups in total. The number of para-hydroxylation sites is 1. The number of hydrogen-bond acceptors (Lipinski definition) is 5. The summed E-state index contributed by atoms with van der Waals surface area (Å²) in [5.41, 5.74) is -0.251. The quantitative estimate of drug-likeness (QED) is 0.841. The van der Waals surface area contributed by atoms with Crippen molar-refractivity contribution >= 4 is 23.5 Å². The van der Waals surface area contributed by atoms with E-state index in [1.807, 2.05) is 0 Å². The standard InChI is InChI=1S/C15H15ClN4O4/c16-10-3-1-2-4-12(10)20-8-11(18-19-20)14(23)17-15(7-13(21)22)5-6-24-9-15/h1-4,8H,5-7,9H2,(H,17,23)(H,21,22). The molecule has 2 aromatic rings. The van der Waals surface area contributed by atoms with Crippen LogP contribution in [0.15, 0.2) is 30.5 Å². The Labute approximate surface area is 142 Å². The fraction of sp³-hybridized carbons (Fsp3) is 0.333. The molecule has 0 aliphatic carbocycles. The molecule has 0 saturated carbocycles. The van der Waals surface area contributed by atoms with Crippen molar-refractivity contribution in [2.24, 2.45) is 0 Å². The van der Waals surface area contributed by atoms with Gasteiger partial charge in [0.2, 0.25) is 0 Å². The van der Waals surface area contributed by atoms with Gasteiger partial charge in [0.25, 0.3) is 5.91 Å². The largest absolute Gasteiger partial charge is 0.481 e. The van der Waals surface area contributed by atoms with Crippen LogP contribution in [0.4, 0.5) is 0 Å². The number of halogens is 1. The summed E-state index contributed by atoms with van der Waals surface area (Å²) in [5.74, 6) is -1.50. The number of carbonyl (C=O) groups excluding carboxylic acids is 1. The van der Waals surface area contributed by atoms with E-state index in [4.69, 9.17) is 21.4 Å². The molecule has 1 fully saturated rings. The molecule has 1 aliphatic heterocycles. The highest BCUT2D eigenvalue weighted by atomic mass is 35.5. The molecular weight excluding hydrogens is 336 g/mol. The van der Waals surface area contributed by atoms with Crippen LogP contribution in [0.25, 0.3) is 5.69 Å². The molecule has 2 heterocycles. The predicted molar refractivity (Wildman–Crippen MR) is 84.3 cm³/mol. The Hall–Kier alpha value is -2.45. The number of aromatic nitrogens is 3. The average molecular weight is 351 g/mol. The van der Waals surface area contributed by atoms with Gasteiger partial charge in [-0.3, -0.25) is 9.59 Å². The summed E-state index contributed by atoms with van der Waals surface area (Å²) >= 11 is 6.09. The lowest BCUT2D eigenvalue weighted by Gasteiger charge is -2.26. The van der Waals surface area contributed by atoms with Crippen molar-refractivity contribution in [2.75, 3.05) is 13.2 Å². The molecular formula is C15H15ClN4O4. The SMILES string of the molecule is O=C(O)CC1(NC(=O)c2cn(-c3ccccc3Cl)nn2)CCOC1. The Balaban J connectivity index is 1.79. The van der Waals surface area contributed by atoms with Crippen molar-refractivity contribution < 1.29 is 19.4 Å². The zero-order valence-corrected chi connectivity index (χ0v) is 13.4. The monoisotopic (exact) mass is 350 g/mol. The molecule has 0 radical (unpaired) electrons. The van der Waals surface area contributed by atoms with Gasteiger partial charge in [0, 0.05) is 6.61 Å². The van der Waals surface area contributed by atoms with Crippen molar-refractivity contribution in [3.63, 3.8) is 0 Å². The molecule has 1 aliphatic rings. The van der Waals surface area contributed by atoms with E-state index in [2.05, 4.69) is 15.6 Å². The summed E-state index contributed by atoms with van der Waals surface area (Å²) in [5, 5.41) is 20.0. The summed E-state index contributed by atoms with van der Waals surface area (Å²) in [6.45, 7) is 0.559. The normalized spacial score (nSPS) is 20.0. The van der Waals surface area contributed by atoms with Crippen LogP contribution >= 0.6 is 11.6 Å². The van der Waals surface area contributed by atoms with Gasteiger partial charge in [-0.25, -0.2) is 4.68 Å². The van der Waals surface area contributed by atoms with Crippen molar-refractivity contribution in [1.29, 1.82) is 0 Å². The first-order chi connectivity index (χ1) is 11.5. The Morgan fingerprint density at radius 1 is 1.42 bits per heavy atom. The molecule has 0 spiro atoms. The second kappa shape index (κ2) is 6.58. The topological polar surface area (TPSA) is 106 Å². The first-order valence-corrected chi connectivity index (χ1v) is 7.66. The number of carboxylic acids is 1. The van der Waals surface area contributed by atoms with Crippen LogP contribution < -0.4 is 5.32 Å². The third-order valence-electron chi connectivity index (χ3n) is 3.80. The van der Waals surface area contributed by atoms with E-state index in [0.717, 1.165) is 0 Å². The molecule has 126 valence electrons. The van der Waals surface area contributed by atoms with Gasteiger partial charge in [0.15, 0.2) is 5.69 Å². The van der Waals surface area contributed by atoms with Crippen molar-refractivity contribution in [1.82, 2.24) is 20.3 Å². The molecule has 0 bridgehead atoms. The van der Waals surface area contributed by atoms with Crippen LogP contribution in [0, 0.1) is 0 Å². The minimum atomic E-state index is -1.000. The summed E-state index contributed by atoms with van der Waals surface area (Å²) in [7, 11) is 0. The Morgan fingerprint density at radius 2 is 2.21 bits per heavy atom. The van der Waals surface area contributed by atoms with Crippen LogP contribution in [-0.4, -0.2) is 50.7 Å². The molecule has 3 rings (SSSR count). The van der Waals surface area contributed by atoms with Gasteiger partial charge in [-0.2, -0.15) is 0 Å². The zero-order chi connectivity index (χ0) is 17.2. The first kappa shape index (κ1) is 16.4. The highest BCUT2D eigenvalue weighted by Crippen LogP contribution is 2.23. The van der Waals surface area contributed by atoms with Gasteiger partial charge in [-0.1, -0.05) is 28.9 Å². The van der Waals surface area contributed by atoms with Gasteiger partial charge in [0.05, 0.1) is 35.5 Å². The van der Waals surface area contributed by atoms with Crippen LogP contribution in [0.5, 0.6) is 0 Å². The maximum absolute atomic E-state index is 12.4. The summed E-state index contributed by atoms with van der Waals surface area (Å²) in [6.07, 6.45) is 1.67. The van der Waals surface area contributed by atoms with Crippen molar-refractivity contribution in [2.45, 2.75) is 18.4 Å². The lowest BCUT2D eigenvalue weighted by atomic mass is 9.94. The predicted octanol–water partition coefficient (Wildman–Crippen LogP) is 1.28. The smallest absolute Gasteiger partial charge is 0.305 e. The van der Waals surface area contributed by atoms with E-state index in [9.17, 15) is 9.59 Å². The summed E-state index contributed by atoms with van der Waals surface area (Å²) < 4.78 is 6.65. The second-order valence-corrected chi connectivity index (χ2v) is 6.01. The number of hydrogen-bond donors (Lipinski definition) is 2. The van der Waals surface area contributed by atoms with Crippen LogP contribution in [-0.2, 0) is 9.53 Å². The van der Waals surface area contributed by atoms with Crippen LogP contribution in [0.1, 0.15) is 23.3 Å². The fourth-order valence-electron chi connectivity index (χ4n) is 2.61. The number of amides is 1. The van der Waals surface area contributed by atoms with E-state index < -0.39 is 17.4 Å². The van der Waals surface area contributed by atoms with E-state index in [1.54, 1.807) is 24.3 Å². The summed E-state index contributed by atoms with van der Waals surface area (Å²) in [4.78, 5) is 23.5. The number of carboxylic acid groups (broad SMARTS) is 1.